The Hall–Kier alpha value is -2.83. The van der Waals surface area contributed by atoms with Crippen LogP contribution in [0.15, 0.2) is 35.1 Å². The molecule has 0 aliphatic carbocycles. The van der Waals surface area contributed by atoms with Gasteiger partial charge in [0.25, 0.3) is 0 Å². The third-order valence-corrected chi connectivity index (χ3v) is 2.78. The molecule has 0 atom stereocenters. The Morgan fingerprint density at radius 2 is 2.05 bits per heavy atom. The summed E-state index contributed by atoms with van der Waals surface area (Å²) in [6, 6.07) is 3.53. The number of carbonyl (C=O) groups is 1. The number of aromatic nitrogens is 2. The molecule has 2 heterocycles. The highest BCUT2D eigenvalue weighted by molar-refractivity contribution is 6.03. The molecule has 0 aliphatic rings. The van der Waals surface area contributed by atoms with Gasteiger partial charge in [-0.25, -0.2) is 4.98 Å². The first kappa shape index (κ1) is 15.6. The van der Waals surface area contributed by atoms with E-state index in [-0.39, 0.29) is 5.91 Å². The van der Waals surface area contributed by atoms with Gasteiger partial charge in [0, 0.05) is 34.3 Å². The Labute approximate surface area is 129 Å². The van der Waals surface area contributed by atoms with Crippen molar-refractivity contribution in [3.05, 3.63) is 36.4 Å². The minimum atomic E-state index is -0.277. The van der Waals surface area contributed by atoms with Crippen molar-refractivity contribution in [3.8, 4) is 0 Å². The van der Waals surface area contributed by atoms with E-state index in [9.17, 15) is 4.79 Å². The molecule has 116 valence electrons. The quantitative estimate of drug-likeness (QED) is 0.850. The number of carbonyl (C=O) groups excluding carboxylic acids is 1. The van der Waals surface area contributed by atoms with E-state index in [1.54, 1.807) is 35.6 Å². The Balaban J connectivity index is 2.16. The molecule has 1 amide bonds. The Kier molecular flexibility index (Phi) is 4.77. The zero-order valence-corrected chi connectivity index (χ0v) is 13.1. The molecule has 22 heavy (non-hydrogen) atoms. The van der Waals surface area contributed by atoms with Gasteiger partial charge in [-0.05, 0) is 18.2 Å². The topological polar surface area (TPSA) is 74.5 Å². The second-order valence-electron chi connectivity index (χ2n) is 5.03. The van der Waals surface area contributed by atoms with E-state index in [0.717, 1.165) is 0 Å². The molecule has 7 heteroatoms. The number of nitrogens with one attached hydrogen (secondary N) is 1. The lowest BCUT2D eigenvalue weighted by Crippen LogP contribution is -2.20. The van der Waals surface area contributed by atoms with Gasteiger partial charge in [0.2, 0.25) is 11.9 Å². The molecule has 0 unspecified atom stereocenters. The lowest BCUT2D eigenvalue weighted by atomic mass is 10.3. The number of rotatable bonds is 5. The molecule has 0 saturated carbocycles. The second-order valence-corrected chi connectivity index (χ2v) is 5.03. The normalized spacial score (nSPS) is 10.7. The molecule has 2 aromatic rings. The summed E-state index contributed by atoms with van der Waals surface area (Å²) in [4.78, 5) is 24.2. The number of nitrogens with zero attached hydrogens (tertiary/aromatic N) is 4. The van der Waals surface area contributed by atoms with Crippen LogP contribution in [0.1, 0.15) is 5.76 Å². The summed E-state index contributed by atoms with van der Waals surface area (Å²) in [6.45, 7) is 0. The molecule has 0 aromatic carbocycles. The first-order chi connectivity index (χ1) is 10.5. The minimum absolute atomic E-state index is 0.277. The SMILES string of the molecule is CN(C)c1ncc(NC(=O)/C=C/c2ccco2)c(N(C)C)n1. The second kappa shape index (κ2) is 6.75. The van der Waals surface area contributed by atoms with E-state index in [4.69, 9.17) is 4.42 Å². The molecule has 2 aromatic heterocycles. The van der Waals surface area contributed by atoms with Crippen LogP contribution in [0.3, 0.4) is 0 Å². The van der Waals surface area contributed by atoms with Gasteiger partial charge in [0.15, 0.2) is 5.82 Å². The maximum Gasteiger partial charge on any atom is 0.248 e. The van der Waals surface area contributed by atoms with Crippen molar-refractivity contribution in [1.82, 2.24) is 9.97 Å². The van der Waals surface area contributed by atoms with Gasteiger partial charge in [0.05, 0.1) is 12.5 Å². The first-order valence-corrected chi connectivity index (χ1v) is 6.71. The fraction of sp³-hybridized carbons (Fsp3) is 0.267. The van der Waals surface area contributed by atoms with Crippen LogP contribution in [0.5, 0.6) is 0 Å². The Bertz CT molecular complexity index is 663. The predicted octanol–water partition coefficient (Wildman–Crippen LogP) is 1.85. The predicted molar refractivity (Wildman–Crippen MR) is 87.1 cm³/mol. The molecule has 0 aliphatic heterocycles. The van der Waals surface area contributed by atoms with Gasteiger partial charge in [-0.3, -0.25) is 4.79 Å². The highest BCUT2D eigenvalue weighted by atomic mass is 16.3. The van der Waals surface area contributed by atoms with E-state index in [2.05, 4.69) is 15.3 Å². The fourth-order valence-corrected chi connectivity index (χ4v) is 1.73. The fourth-order valence-electron chi connectivity index (χ4n) is 1.73. The largest absolute Gasteiger partial charge is 0.465 e. The van der Waals surface area contributed by atoms with Crippen LogP contribution in [0.2, 0.25) is 0 Å². The van der Waals surface area contributed by atoms with Crippen molar-refractivity contribution in [2.75, 3.05) is 43.3 Å². The average Bonchev–Trinajstić information content (AvgIpc) is 2.98. The monoisotopic (exact) mass is 301 g/mol. The van der Waals surface area contributed by atoms with Crippen molar-refractivity contribution in [3.63, 3.8) is 0 Å². The Morgan fingerprint density at radius 3 is 2.64 bits per heavy atom. The molecule has 1 N–H and O–H groups in total. The third-order valence-electron chi connectivity index (χ3n) is 2.78. The summed E-state index contributed by atoms with van der Waals surface area (Å²) in [5.41, 5.74) is 0.546. The van der Waals surface area contributed by atoms with Crippen LogP contribution < -0.4 is 15.1 Å². The van der Waals surface area contributed by atoms with Gasteiger partial charge in [-0.1, -0.05) is 0 Å². The molecular formula is C15H19N5O2. The van der Waals surface area contributed by atoms with Crippen LogP contribution in [0, 0.1) is 0 Å². The molecule has 2 rings (SSSR count). The summed E-state index contributed by atoms with van der Waals surface area (Å²) in [5.74, 6) is 1.55. The van der Waals surface area contributed by atoms with E-state index in [1.807, 2.05) is 33.1 Å². The standard InChI is InChI=1S/C15H19N5O2/c1-19(2)14-12(10-16-15(18-14)20(3)4)17-13(21)8-7-11-6-5-9-22-11/h5-10H,1-4H3,(H,17,21)/b8-7+. The van der Waals surface area contributed by atoms with Gasteiger partial charge in [-0.2, -0.15) is 4.98 Å². The van der Waals surface area contributed by atoms with Crippen LogP contribution >= 0.6 is 0 Å². The van der Waals surface area contributed by atoms with Gasteiger partial charge in [0.1, 0.15) is 11.4 Å². The number of amides is 1. The summed E-state index contributed by atoms with van der Waals surface area (Å²) >= 11 is 0. The number of hydrogen-bond acceptors (Lipinski definition) is 6. The summed E-state index contributed by atoms with van der Waals surface area (Å²) in [7, 11) is 7.44. The smallest absolute Gasteiger partial charge is 0.248 e. The summed E-state index contributed by atoms with van der Waals surface area (Å²) in [6.07, 6.45) is 6.14. The van der Waals surface area contributed by atoms with Crippen molar-refractivity contribution in [1.29, 1.82) is 0 Å². The van der Waals surface area contributed by atoms with Crippen LogP contribution in [-0.4, -0.2) is 44.1 Å². The molecule has 7 nitrogen and oxygen atoms in total. The zero-order chi connectivity index (χ0) is 16.1. The van der Waals surface area contributed by atoms with Crippen LogP contribution in [-0.2, 0) is 4.79 Å². The van der Waals surface area contributed by atoms with Crippen LogP contribution in [0.25, 0.3) is 6.08 Å². The van der Waals surface area contributed by atoms with Crippen LogP contribution in [0.4, 0.5) is 17.5 Å². The van der Waals surface area contributed by atoms with Gasteiger partial charge < -0.3 is 19.5 Å². The maximum absolute atomic E-state index is 12.0. The molecule has 0 fully saturated rings. The lowest BCUT2D eigenvalue weighted by Gasteiger charge is -2.18. The summed E-state index contributed by atoms with van der Waals surface area (Å²) in [5, 5.41) is 2.77. The van der Waals surface area contributed by atoms with Crippen molar-refractivity contribution in [2.45, 2.75) is 0 Å². The highest BCUT2D eigenvalue weighted by Crippen LogP contribution is 2.22. The number of furan rings is 1. The molecular weight excluding hydrogens is 282 g/mol. The maximum atomic E-state index is 12.0. The number of hydrogen-bond donors (Lipinski definition) is 1. The minimum Gasteiger partial charge on any atom is -0.465 e. The number of anilines is 3. The lowest BCUT2D eigenvalue weighted by molar-refractivity contribution is -0.111. The van der Waals surface area contributed by atoms with E-state index in [0.29, 0.717) is 23.2 Å². The molecule has 0 saturated heterocycles. The molecule has 0 bridgehead atoms. The van der Waals surface area contributed by atoms with Crippen molar-refractivity contribution in [2.24, 2.45) is 0 Å². The van der Waals surface area contributed by atoms with Gasteiger partial charge in [-0.15, -0.1) is 0 Å². The van der Waals surface area contributed by atoms with Crippen molar-refractivity contribution < 1.29 is 9.21 Å². The van der Waals surface area contributed by atoms with E-state index < -0.39 is 0 Å². The average molecular weight is 301 g/mol. The molecule has 0 radical (unpaired) electrons. The zero-order valence-electron chi connectivity index (χ0n) is 13.1. The Morgan fingerprint density at radius 1 is 1.27 bits per heavy atom. The van der Waals surface area contributed by atoms with Crippen molar-refractivity contribution >= 4 is 29.4 Å². The first-order valence-electron chi connectivity index (χ1n) is 6.71. The van der Waals surface area contributed by atoms with E-state index in [1.165, 1.54) is 6.08 Å². The molecule has 0 spiro atoms. The van der Waals surface area contributed by atoms with Gasteiger partial charge >= 0.3 is 0 Å². The summed E-state index contributed by atoms with van der Waals surface area (Å²) < 4.78 is 5.13. The van der Waals surface area contributed by atoms with E-state index >= 15 is 0 Å². The third kappa shape index (κ3) is 3.85. The highest BCUT2D eigenvalue weighted by Gasteiger charge is 2.12.